The van der Waals surface area contributed by atoms with Crippen molar-refractivity contribution in [3.63, 3.8) is 0 Å². The number of nitrogens with zero attached hydrogens (tertiary/aromatic N) is 2. The lowest BCUT2D eigenvalue weighted by atomic mass is 9.92. The summed E-state index contributed by atoms with van der Waals surface area (Å²) >= 11 is 8.44. The molecule has 1 aromatic carbocycles. The number of halogens is 2. The molecule has 4 heteroatoms. The van der Waals surface area contributed by atoms with E-state index in [-0.39, 0.29) is 5.41 Å². The van der Waals surface area contributed by atoms with Crippen LogP contribution in [0, 0.1) is 8.99 Å². The lowest BCUT2D eigenvalue weighted by Gasteiger charge is -2.17. The third kappa shape index (κ3) is 3.89. The van der Waals surface area contributed by atoms with Gasteiger partial charge in [0.1, 0.15) is 11.0 Å². The van der Waals surface area contributed by atoms with Crippen molar-refractivity contribution in [3.8, 4) is 11.3 Å². The Labute approximate surface area is 132 Å². The summed E-state index contributed by atoms with van der Waals surface area (Å²) < 4.78 is 0.906. The molecule has 19 heavy (non-hydrogen) atoms. The number of hydrogen-bond acceptors (Lipinski definition) is 2. The van der Waals surface area contributed by atoms with Gasteiger partial charge in [0.15, 0.2) is 0 Å². The minimum absolute atomic E-state index is 0.143. The van der Waals surface area contributed by atoms with E-state index in [0.29, 0.717) is 5.15 Å². The molecule has 0 aliphatic carbocycles. The fraction of sp³-hybridized carbons (Fsp3) is 0.333. The Kier molecular flexibility index (Phi) is 4.46. The maximum Gasteiger partial charge on any atom is 0.146 e. The van der Waals surface area contributed by atoms with E-state index in [2.05, 4.69) is 53.3 Å². The molecule has 2 nitrogen and oxygen atoms in total. The first-order chi connectivity index (χ1) is 8.87. The Morgan fingerprint density at radius 3 is 2.32 bits per heavy atom. The van der Waals surface area contributed by atoms with Crippen LogP contribution in [0.4, 0.5) is 0 Å². The zero-order valence-electron chi connectivity index (χ0n) is 11.2. The van der Waals surface area contributed by atoms with Crippen molar-refractivity contribution in [1.29, 1.82) is 0 Å². The molecule has 0 aliphatic heterocycles. The summed E-state index contributed by atoms with van der Waals surface area (Å²) in [5, 5.41) is 0.536. The molecule has 0 atom stereocenters. The van der Waals surface area contributed by atoms with Gasteiger partial charge in [0, 0.05) is 12.0 Å². The minimum Gasteiger partial charge on any atom is -0.232 e. The summed E-state index contributed by atoms with van der Waals surface area (Å²) in [6.07, 6.45) is 0.809. The monoisotopic (exact) mass is 386 g/mol. The molecule has 0 saturated heterocycles. The Morgan fingerprint density at radius 2 is 1.74 bits per heavy atom. The van der Waals surface area contributed by atoms with Gasteiger partial charge < -0.3 is 0 Å². The Balaban J connectivity index is 2.49. The first-order valence-electron chi connectivity index (χ1n) is 6.14. The molecule has 0 N–H and O–H groups in total. The smallest absolute Gasteiger partial charge is 0.146 e. The predicted octanol–water partition coefficient (Wildman–Crippen LogP) is 4.99. The second-order valence-electron chi connectivity index (χ2n) is 5.70. The highest BCUT2D eigenvalue weighted by Crippen LogP contribution is 2.29. The molecular weight excluding hydrogens is 371 g/mol. The van der Waals surface area contributed by atoms with Crippen molar-refractivity contribution in [2.75, 3.05) is 0 Å². The predicted molar refractivity (Wildman–Crippen MR) is 88.4 cm³/mol. The molecule has 0 amide bonds. The molecule has 0 unspecified atom stereocenters. The first-order valence-corrected chi connectivity index (χ1v) is 7.60. The molecule has 2 aromatic rings. The van der Waals surface area contributed by atoms with Crippen LogP contribution < -0.4 is 0 Å². The summed E-state index contributed by atoms with van der Waals surface area (Å²) in [4.78, 5) is 9.08. The number of hydrogen-bond donors (Lipinski definition) is 0. The summed E-state index contributed by atoms with van der Waals surface area (Å²) in [7, 11) is 0. The number of benzene rings is 1. The molecule has 0 aliphatic rings. The van der Waals surface area contributed by atoms with Crippen LogP contribution in [0.15, 0.2) is 30.3 Å². The highest BCUT2D eigenvalue weighted by Gasteiger charge is 2.17. The van der Waals surface area contributed by atoms with E-state index >= 15 is 0 Å². The van der Waals surface area contributed by atoms with Crippen molar-refractivity contribution < 1.29 is 0 Å². The molecule has 2 rings (SSSR count). The molecule has 0 saturated carbocycles. The molecule has 100 valence electrons. The van der Waals surface area contributed by atoms with Gasteiger partial charge in [-0.25, -0.2) is 9.97 Å². The van der Waals surface area contributed by atoms with Crippen LogP contribution in [0.25, 0.3) is 11.3 Å². The van der Waals surface area contributed by atoms with Gasteiger partial charge in [-0.1, -0.05) is 62.7 Å². The van der Waals surface area contributed by atoms with Crippen LogP contribution in [-0.4, -0.2) is 9.97 Å². The van der Waals surface area contributed by atoms with Crippen LogP contribution in [0.1, 0.15) is 26.6 Å². The average Bonchev–Trinajstić information content (AvgIpc) is 2.33. The standard InChI is InChI=1S/C15H16ClIN2/c1-15(2,3)9-11-18-13(12(17)14(16)19-11)10-7-5-4-6-8-10/h4-8H,9H2,1-3H3. The summed E-state index contributed by atoms with van der Waals surface area (Å²) in [6, 6.07) is 10.1. The summed E-state index contributed by atoms with van der Waals surface area (Å²) in [5.74, 6) is 0.803. The normalized spacial score (nSPS) is 11.6. The first kappa shape index (κ1) is 14.7. The zero-order chi connectivity index (χ0) is 14.0. The SMILES string of the molecule is CC(C)(C)Cc1nc(Cl)c(I)c(-c2ccccc2)n1. The lowest BCUT2D eigenvalue weighted by Crippen LogP contribution is -2.13. The quantitative estimate of drug-likeness (QED) is 0.537. The van der Waals surface area contributed by atoms with E-state index in [4.69, 9.17) is 11.6 Å². The van der Waals surface area contributed by atoms with E-state index in [0.717, 1.165) is 27.1 Å². The molecule has 0 fully saturated rings. The minimum atomic E-state index is 0.143. The van der Waals surface area contributed by atoms with Crippen LogP contribution in [-0.2, 0) is 6.42 Å². The Hall–Kier alpha value is -0.680. The van der Waals surface area contributed by atoms with Gasteiger partial charge >= 0.3 is 0 Å². The van der Waals surface area contributed by atoms with E-state index in [1.165, 1.54) is 0 Å². The zero-order valence-corrected chi connectivity index (χ0v) is 14.2. The van der Waals surface area contributed by atoms with E-state index < -0.39 is 0 Å². The lowest BCUT2D eigenvalue weighted by molar-refractivity contribution is 0.400. The topological polar surface area (TPSA) is 25.8 Å². The van der Waals surface area contributed by atoms with Crippen molar-refractivity contribution >= 4 is 34.2 Å². The van der Waals surface area contributed by atoms with Crippen LogP contribution >= 0.6 is 34.2 Å². The fourth-order valence-corrected chi connectivity index (χ4v) is 2.54. The molecular formula is C15H16ClIN2. The van der Waals surface area contributed by atoms with Crippen LogP contribution in [0.2, 0.25) is 5.15 Å². The second kappa shape index (κ2) is 5.75. The highest BCUT2D eigenvalue weighted by molar-refractivity contribution is 14.1. The molecule has 0 radical (unpaired) electrons. The average molecular weight is 387 g/mol. The van der Waals surface area contributed by atoms with Gasteiger partial charge in [0.25, 0.3) is 0 Å². The summed E-state index contributed by atoms with van der Waals surface area (Å²) in [6.45, 7) is 6.51. The van der Waals surface area contributed by atoms with Gasteiger partial charge in [0.05, 0.1) is 9.26 Å². The van der Waals surface area contributed by atoms with Crippen molar-refractivity contribution in [2.24, 2.45) is 5.41 Å². The largest absolute Gasteiger partial charge is 0.232 e. The third-order valence-electron chi connectivity index (χ3n) is 2.59. The van der Waals surface area contributed by atoms with Crippen LogP contribution in [0.3, 0.4) is 0 Å². The highest BCUT2D eigenvalue weighted by atomic mass is 127. The van der Waals surface area contributed by atoms with Crippen molar-refractivity contribution in [3.05, 3.63) is 44.9 Å². The van der Waals surface area contributed by atoms with Gasteiger partial charge in [-0.05, 0) is 28.0 Å². The number of aromatic nitrogens is 2. The van der Waals surface area contributed by atoms with E-state index in [1.54, 1.807) is 0 Å². The third-order valence-corrected chi connectivity index (χ3v) is 4.21. The van der Waals surface area contributed by atoms with Gasteiger partial charge in [-0.3, -0.25) is 0 Å². The van der Waals surface area contributed by atoms with E-state index in [1.807, 2.05) is 30.3 Å². The molecule has 0 bridgehead atoms. The Morgan fingerprint density at radius 1 is 1.11 bits per heavy atom. The fourth-order valence-electron chi connectivity index (χ4n) is 1.80. The molecule has 0 spiro atoms. The number of rotatable bonds is 2. The van der Waals surface area contributed by atoms with Gasteiger partial charge in [0.2, 0.25) is 0 Å². The Bertz CT molecular complexity index is 577. The maximum absolute atomic E-state index is 6.24. The molecule has 1 aromatic heterocycles. The summed E-state index contributed by atoms with van der Waals surface area (Å²) in [5.41, 5.74) is 2.14. The second-order valence-corrected chi connectivity index (χ2v) is 7.13. The van der Waals surface area contributed by atoms with E-state index in [9.17, 15) is 0 Å². The van der Waals surface area contributed by atoms with Crippen LogP contribution in [0.5, 0.6) is 0 Å². The molecule has 1 heterocycles. The van der Waals surface area contributed by atoms with Crippen molar-refractivity contribution in [1.82, 2.24) is 9.97 Å². The van der Waals surface area contributed by atoms with Crippen molar-refractivity contribution in [2.45, 2.75) is 27.2 Å². The van der Waals surface area contributed by atoms with Gasteiger partial charge in [-0.2, -0.15) is 0 Å². The van der Waals surface area contributed by atoms with Gasteiger partial charge in [-0.15, -0.1) is 0 Å². The maximum atomic E-state index is 6.24.